The Balaban J connectivity index is 2.39. The number of primary amides is 1. The number of aryl methyl sites for hydroxylation is 1. The van der Waals surface area contributed by atoms with Crippen molar-refractivity contribution >= 4 is 17.5 Å². The summed E-state index contributed by atoms with van der Waals surface area (Å²) in [5.41, 5.74) is 8.53. The van der Waals surface area contributed by atoms with Gasteiger partial charge in [0.1, 0.15) is 11.6 Å². The molecule has 0 radical (unpaired) electrons. The maximum absolute atomic E-state index is 15.5. The zero-order valence-electron chi connectivity index (χ0n) is 17.2. The van der Waals surface area contributed by atoms with Gasteiger partial charge >= 0.3 is 0 Å². The van der Waals surface area contributed by atoms with Gasteiger partial charge in [0.25, 0.3) is 0 Å². The van der Waals surface area contributed by atoms with Crippen LogP contribution in [0, 0.1) is 11.6 Å². The largest absolute Gasteiger partial charge is 0.366 e. The number of carbonyl (C=O) groups is 1. The van der Waals surface area contributed by atoms with Crippen LogP contribution in [0.5, 0.6) is 0 Å². The van der Waals surface area contributed by atoms with E-state index < -0.39 is 17.5 Å². The van der Waals surface area contributed by atoms with E-state index in [1.165, 1.54) is 18.2 Å². The second-order valence-corrected chi connectivity index (χ2v) is 7.99. The average Bonchev–Trinajstić information content (AvgIpc) is 2.70. The number of rotatable bonds is 6. The lowest BCUT2D eigenvalue weighted by Gasteiger charge is -2.23. The number of amides is 1. The highest BCUT2D eigenvalue weighted by Crippen LogP contribution is 2.43. The fraction of sp³-hybridized carbons (Fsp3) is 0.240. The molecule has 3 aromatic carbocycles. The van der Waals surface area contributed by atoms with E-state index >= 15 is 4.39 Å². The van der Waals surface area contributed by atoms with Gasteiger partial charge in [-0.05, 0) is 53.1 Å². The van der Waals surface area contributed by atoms with Gasteiger partial charge in [0.15, 0.2) is 0 Å². The molecule has 0 saturated heterocycles. The first kappa shape index (κ1) is 22.0. The van der Waals surface area contributed by atoms with Crippen LogP contribution in [0.15, 0.2) is 48.5 Å². The topological polar surface area (TPSA) is 43.1 Å². The quantitative estimate of drug-likeness (QED) is 0.469. The van der Waals surface area contributed by atoms with Crippen molar-refractivity contribution in [3.05, 3.63) is 93.0 Å². The Bertz CT molecular complexity index is 1090. The molecule has 30 heavy (non-hydrogen) atoms. The van der Waals surface area contributed by atoms with Gasteiger partial charge in [-0.25, -0.2) is 8.78 Å². The molecule has 0 heterocycles. The van der Waals surface area contributed by atoms with Crippen molar-refractivity contribution in [2.45, 2.75) is 39.5 Å². The summed E-state index contributed by atoms with van der Waals surface area (Å²) in [6.07, 6.45) is 0.870. The number of halogens is 3. The molecule has 5 heteroatoms. The monoisotopic (exact) mass is 427 g/mol. The molecule has 3 rings (SSSR count). The molecule has 156 valence electrons. The van der Waals surface area contributed by atoms with Crippen molar-refractivity contribution in [1.82, 2.24) is 0 Å². The Labute approximate surface area is 180 Å². The van der Waals surface area contributed by atoms with E-state index in [0.29, 0.717) is 29.5 Å². The van der Waals surface area contributed by atoms with Gasteiger partial charge in [-0.1, -0.05) is 68.8 Å². The van der Waals surface area contributed by atoms with Crippen LogP contribution in [0.3, 0.4) is 0 Å². The molecule has 0 atom stereocenters. The molecule has 0 spiro atoms. The summed E-state index contributed by atoms with van der Waals surface area (Å²) in [6, 6.07) is 14.0. The fourth-order valence-electron chi connectivity index (χ4n) is 3.90. The molecule has 0 saturated carbocycles. The maximum atomic E-state index is 15.5. The van der Waals surface area contributed by atoms with Crippen LogP contribution in [0.25, 0.3) is 11.1 Å². The van der Waals surface area contributed by atoms with E-state index in [1.807, 2.05) is 51.1 Å². The normalized spacial score (nSPS) is 11.2. The third-order valence-electron chi connectivity index (χ3n) is 5.28. The van der Waals surface area contributed by atoms with Crippen molar-refractivity contribution in [1.29, 1.82) is 0 Å². The molecular weight excluding hydrogens is 404 g/mol. The molecule has 1 amide bonds. The van der Waals surface area contributed by atoms with Crippen molar-refractivity contribution in [2.24, 2.45) is 5.73 Å². The zero-order valence-corrected chi connectivity index (χ0v) is 18.0. The van der Waals surface area contributed by atoms with Crippen LogP contribution >= 0.6 is 11.6 Å². The lowest BCUT2D eigenvalue weighted by Crippen LogP contribution is -2.15. The van der Waals surface area contributed by atoms with E-state index in [-0.39, 0.29) is 27.6 Å². The van der Waals surface area contributed by atoms with Crippen molar-refractivity contribution < 1.29 is 13.6 Å². The minimum absolute atomic E-state index is 0.00948. The van der Waals surface area contributed by atoms with Crippen molar-refractivity contribution in [3.8, 4) is 11.1 Å². The molecule has 0 aliphatic heterocycles. The van der Waals surface area contributed by atoms with E-state index in [2.05, 4.69) is 0 Å². The molecule has 0 aliphatic rings. The first-order chi connectivity index (χ1) is 14.3. The van der Waals surface area contributed by atoms with Gasteiger partial charge in [-0.3, -0.25) is 4.79 Å². The molecule has 0 bridgehead atoms. The van der Waals surface area contributed by atoms with E-state index in [0.717, 1.165) is 5.56 Å². The smallest absolute Gasteiger partial charge is 0.249 e. The maximum Gasteiger partial charge on any atom is 0.249 e. The summed E-state index contributed by atoms with van der Waals surface area (Å²) in [7, 11) is 0. The number of carbonyl (C=O) groups excluding carboxylic acids is 1. The summed E-state index contributed by atoms with van der Waals surface area (Å²) in [6.45, 7) is 5.68. The Kier molecular flexibility index (Phi) is 6.57. The molecular formula is C25H24ClF2NO. The van der Waals surface area contributed by atoms with E-state index in [1.54, 1.807) is 0 Å². The van der Waals surface area contributed by atoms with Gasteiger partial charge in [0.05, 0.1) is 5.02 Å². The third kappa shape index (κ3) is 4.10. The van der Waals surface area contributed by atoms with Crippen LogP contribution in [0.4, 0.5) is 8.78 Å². The fourth-order valence-corrected chi connectivity index (χ4v) is 4.15. The molecule has 0 unspecified atom stereocenters. The summed E-state index contributed by atoms with van der Waals surface area (Å²) >= 11 is 6.40. The highest BCUT2D eigenvalue weighted by atomic mass is 35.5. The average molecular weight is 428 g/mol. The molecule has 2 nitrogen and oxygen atoms in total. The van der Waals surface area contributed by atoms with Crippen LogP contribution in [0.1, 0.15) is 59.3 Å². The predicted octanol–water partition coefficient (Wildman–Crippen LogP) is 6.66. The molecule has 2 N–H and O–H groups in total. The number of hydrogen-bond donors (Lipinski definition) is 1. The van der Waals surface area contributed by atoms with Gasteiger partial charge < -0.3 is 5.73 Å². The molecule has 0 aliphatic carbocycles. The lowest BCUT2D eigenvalue weighted by atomic mass is 9.83. The molecule has 3 aromatic rings. The van der Waals surface area contributed by atoms with Gasteiger partial charge in [0, 0.05) is 16.7 Å². The second-order valence-electron chi connectivity index (χ2n) is 7.62. The van der Waals surface area contributed by atoms with Gasteiger partial charge in [0.2, 0.25) is 5.91 Å². The second kappa shape index (κ2) is 8.97. The first-order valence-corrected chi connectivity index (χ1v) is 10.3. The third-order valence-corrected chi connectivity index (χ3v) is 5.65. The van der Waals surface area contributed by atoms with Gasteiger partial charge in [-0.15, -0.1) is 0 Å². The number of nitrogens with two attached hydrogens (primary N) is 1. The standard InChI is InChI=1S/C25H24ClF2NO/c1-4-16-10-11-18(25(29)30)21(24(16)28)22-20(14(2)3)17(13-19(27)23(22)26)12-15-8-6-5-7-9-15/h5-11,13-14H,4,12H2,1-3H3,(H2,29,30). The minimum atomic E-state index is -0.786. The van der Waals surface area contributed by atoms with E-state index in [4.69, 9.17) is 17.3 Å². The number of benzene rings is 3. The lowest BCUT2D eigenvalue weighted by molar-refractivity contribution is 0.100. The van der Waals surface area contributed by atoms with E-state index in [9.17, 15) is 9.18 Å². The van der Waals surface area contributed by atoms with Crippen LogP contribution in [-0.2, 0) is 12.8 Å². The Morgan fingerprint density at radius 2 is 1.70 bits per heavy atom. The summed E-state index contributed by atoms with van der Waals surface area (Å²) in [4.78, 5) is 12.1. The van der Waals surface area contributed by atoms with Crippen LogP contribution in [-0.4, -0.2) is 5.91 Å². The minimum Gasteiger partial charge on any atom is -0.366 e. The van der Waals surface area contributed by atoms with Crippen molar-refractivity contribution in [2.75, 3.05) is 0 Å². The summed E-state index contributed by atoms with van der Waals surface area (Å²) in [5.74, 6) is -2.12. The molecule has 0 fully saturated rings. The predicted molar refractivity (Wildman–Crippen MR) is 118 cm³/mol. The van der Waals surface area contributed by atoms with Crippen LogP contribution < -0.4 is 5.73 Å². The summed E-state index contributed by atoms with van der Waals surface area (Å²) < 4.78 is 30.5. The molecule has 0 aromatic heterocycles. The zero-order chi connectivity index (χ0) is 22.0. The Morgan fingerprint density at radius 1 is 1.03 bits per heavy atom. The highest BCUT2D eigenvalue weighted by Gasteiger charge is 2.27. The summed E-state index contributed by atoms with van der Waals surface area (Å²) in [5, 5.41) is -0.204. The van der Waals surface area contributed by atoms with Crippen LogP contribution in [0.2, 0.25) is 5.02 Å². The number of hydrogen-bond acceptors (Lipinski definition) is 1. The first-order valence-electron chi connectivity index (χ1n) is 9.92. The van der Waals surface area contributed by atoms with Crippen molar-refractivity contribution in [3.63, 3.8) is 0 Å². The highest BCUT2D eigenvalue weighted by molar-refractivity contribution is 6.34. The Morgan fingerprint density at radius 3 is 2.27 bits per heavy atom. The van der Waals surface area contributed by atoms with Gasteiger partial charge in [-0.2, -0.15) is 0 Å². The SMILES string of the molecule is CCc1ccc(C(N)=O)c(-c2c(Cl)c(F)cc(Cc3ccccc3)c2C(C)C)c1F. The Hall–Kier alpha value is -2.72.